The van der Waals surface area contributed by atoms with Crippen molar-refractivity contribution in [2.45, 2.75) is 45.6 Å². The molecule has 0 aromatic heterocycles. The van der Waals surface area contributed by atoms with Crippen LogP contribution in [0.3, 0.4) is 0 Å². The summed E-state index contributed by atoms with van der Waals surface area (Å²) >= 11 is 0. The van der Waals surface area contributed by atoms with Crippen LogP contribution < -0.4 is 4.74 Å². The van der Waals surface area contributed by atoms with Crippen molar-refractivity contribution in [3.05, 3.63) is 28.8 Å². The van der Waals surface area contributed by atoms with Gasteiger partial charge in [-0.25, -0.2) is 0 Å². The lowest BCUT2D eigenvalue weighted by Crippen LogP contribution is -2.33. The number of phenols is 1. The van der Waals surface area contributed by atoms with E-state index >= 15 is 0 Å². The Labute approximate surface area is 102 Å². The fourth-order valence-corrected chi connectivity index (χ4v) is 3.14. The minimum atomic E-state index is -0.223. The third-order valence-corrected chi connectivity index (χ3v) is 3.84. The molecule has 0 fully saturated rings. The summed E-state index contributed by atoms with van der Waals surface area (Å²) in [6.07, 6.45) is 3.32. The SMILES string of the molecule is Cc1cc(O)c2c(c1)OC(C)(C)C1=C2CCC1. The summed E-state index contributed by atoms with van der Waals surface area (Å²) in [6.45, 7) is 6.22. The summed E-state index contributed by atoms with van der Waals surface area (Å²) in [7, 11) is 0. The Hall–Kier alpha value is -1.44. The van der Waals surface area contributed by atoms with Crippen LogP contribution in [0.15, 0.2) is 17.7 Å². The highest BCUT2D eigenvalue weighted by molar-refractivity contribution is 5.81. The highest BCUT2D eigenvalue weighted by atomic mass is 16.5. The maximum absolute atomic E-state index is 10.1. The number of aryl methyl sites for hydroxylation is 1. The van der Waals surface area contributed by atoms with Gasteiger partial charge >= 0.3 is 0 Å². The molecule has 1 aliphatic carbocycles. The van der Waals surface area contributed by atoms with Crippen LogP contribution in [0.25, 0.3) is 5.57 Å². The van der Waals surface area contributed by atoms with Gasteiger partial charge < -0.3 is 9.84 Å². The first kappa shape index (κ1) is 10.7. The van der Waals surface area contributed by atoms with Gasteiger partial charge in [0.1, 0.15) is 17.1 Å². The van der Waals surface area contributed by atoms with Crippen LogP contribution in [-0.2, 0) is 0 Å². The molecule has 2 aliphatic rings. The Kier molecular flexibility index (Phi) is 2.07. The lowest BCUT2D eigenvalue weighted by molar-refractivity contribution is 0.141. The normalized spacial score (nSPS) is 20.9. The molecule has 0 amide bonds. The fourth-order valence-electron chi connectivity index (χ4n) is 3.14. The summed E-state index contributed by atoms with van der Waals surface area (Å²) in [5.41, 5.74) is 4.43. The van der Waals surface area contributed by atoms with Crippen LogP contribution in [0.2, 0.25) is 0 Å². The van der Waals surface area contributed by atoms with Crippen molar-refractivity contribution in [3.8, 4) is 11.5 Å². The largest absolute Gasteiger partial charge is 0.507 e. The van der Waals surface area contributed by atoms with Crippen molar-refractivity contribution >= 4 is 5.57 Å². The Bertz CT molecular complexity index is 524. The van der Waals surface area contributed by atoms with Crippen LogP contribution in [0.4, 0.5) is 0 Å². The van der Waals surface area contributed by atoms with Crippen LogP contribution in [0.5, 0.6) is 11.5 Å². The molecule has 1 heterocycles. The molecular formula is C15H18O2. The average Bonchev–Trinajstić information content (AvgIpc) is 2.64. The van der Waals surface area contributed by atoms with Crippen LogP contribution in [-0.4, -0.2) is 10.7 Å². The minimum Gasteiger partial charge on any atom is -0.507 e. The summed E-state index contributed by atoms with van der Waals surface area (Å²) in [5.74, 6) is 1.21. The first-order valence-corrected chi connectivity index (χ1v) is 6.24. The smallest absolute Gasteiger partial charge is 0.132 e. The Balaban J connectivity index is 2.28. The molecule has 2 heteroatoms. The number of aromatic hydroxyl groups is 1. The van der Waals surface area contributed by atoms with E-state index in [0.717, 1.165) is 29.7 Å². The lowest BCUT2D eigenvalue weighted by atomic mass is 9.87. The molecule has 0 atom stereocenters. The van der Waals surface area contributed by atoms with Crippen LogP contribution >= 0.6 is 0 Å². The molecule has 17 heavy (non-hydrogen) atoms. The lowest BCUT2D eigenvalue weighted by Gasteiger charge is -2.35. The van der Waals surface area contributed by atoms with Crippen molar-refractivity contribution in [1.82, 2.24) is 0 Å². The van der Waals surface area contributed by atoms with E-state index in [1.54, 1.807) is 0 Å². The predicted octanol–water partition coefficient (Wildman–Crippen LogP) is 3.81. The van der Waals surface area contributed by atoms with E-state index in [0.29, 0.717) is 5.75 Å². The summed E-state index contributed by atoms with van der Waals surface area (Å²) in [6, 6.07) is 3.85. The summed E-state index contributed by atoms with van der Waals surface area (Å²) < 4.78 is 6.08. The summed E-state index contributed by atoms with van der Waals surface area (Å²) in [5, 5.41) is 10.1. The number of hydrogen-bond acceptors (Lipinski definition) is 2. The molecule has 0 unspecified atom stereocenters. The highest BCUT2D eigenvalue weighted by Gasteiger charge is 2.38. The van der Waals surface area contributed by atoms with E-state index in [1.807, 2.05) is 19.1 Å². The standard InChI is InChI=1S/C15H18O2/c1-9-7-12(16)14-10-5-4-6-11(10)15(2,3)17-13(14)8-9/h7-8,16H,4-6H2,1-3H3. The third-order valence-electron chi connectivity index (χ3n) is 3.84. The van der Waals surface area contributed by atoms with E-state index < -0.39 is 0 Å². The molecule has 0 bridgehead atoms. The molecular weight excluding hydrogens is 212 g/mol. The number of hydrogen-bond donors (Lipinski definition) is 1. The van der Waals surface area contributed by atoms with Gasteiger partial charge in [0.25, 0.3) is 0 Å². The van der Waals surface area contributed by atoms with Crippen molar-refractivity contribution in [1.29, 1.82) is 0 Å². The van der Waals surface area contributed by atoms with Crippen LogP contribution in [0, 0.1) is 6.92 Å². The second-order valence-corrected chi connectivity index (χ2v) is 5.58. The number of phenolic OH excluding ortho intramolecular Hbond substituents is 1. The van der Waals surface area contributed by atoms with Crippen molar-refractivity contribution < 1.29 is 9.84 Å². The maximum atomic E-state index is 10.1. The topological polar surface area (TPSA) is 29.5 Å². The van der Waals surface area contributed by atoms with Gasteiger partial charge in [0.05, 0.1) is 5.56 Å². The van der Waals surface area contributed by atoms with Gasteiger partial charge in [0.2, 0.25) is 0 Å². The van der Waals surface area contributed by atoms with Crippen molar-refractivity contribution in [2.75, 3.05) is 0 Å². The van der Waals surface area contributed by atoms with Gasteiger partial charge in [-0.1, -0.05) is 0 Å². The van der Waals surface area contributed by atoms with Gasteiger partial charge in [-0.05, 0) is 68.9 Å². The second kappa shape index (κ2) is 3.28. The molecule has 90 valence electrons. The maximum Gasteiger partial charge on any atom is 0.132 e. The first-order chi connectivity index (χ1) is 7.99. The number of rotatable bonds is 0. The molecule has 0 radical (unpaired) electrons. The number of benzene rings is 1. The van der Waals surface area contributed by atoms with Gasteiger partial charge in [-0.2, -0.15) is 0 Å². The second-order valence-electron chi connectivity index (χ2n) is 5.58. The monoisotopic (exact) mass is 230 g/mol. The van der Waals surface area contributed by atoms with Crippen molar-refractivity contribution in [3.63, 3.8) is 0 Å². The Morgan fingerprint density at radius 3 is 2.76 bits per heavy atom. The van der Waals surface area contributed by atoms with E-state index in [9.17, 15) is 5.11 Å². The molecule has 1 aromatic rings. The number of allylic oxidation sites excluding steroid dienone is 1. The molecule has 1 aliphatic heterocycles. The quantitative estimate of drug-likeness (QED) is 0.734. The van der Waals surface area contributed by atoms with E-state index in [1.165, 1.54) is 17.6 Å². The molecule has 1 N–H and O–H groups in total. The van der Waals surface area contributed by atoms with Gasteiger partial charge in [-0.15, -0.1) is 0 Å². The van der Waals surface area contributed by atoms with E-state index in [-0.39, 0.29) is 5.60 Å². The predicted molar refractivity (Wildman–Crippen MR) is 68.3 cm³/mol. The Morgan fingerprint density at radius 2 is 2.00 bits per heavy atom. The number of ether oxygens (including phenoxy) is 1. The molecule has 0 saturated heterocycles. The molecule has 3 rings (SSSR count). The summed E-state index contributed by atoms with van der Waals surface area (Å²) in [4.78, 5) is 0. The molecule has 2 nitrogen and oxygen atoms in total. The minimum absolute atomic E-state index is 0.223. The van der Waals surface area contributed by atoms with Crippen LogP contribution in [0.1, 0.15) is 44.2 Å². The van der Waals surface area contributed by atoms with Crippen molar-refractivity contribution in [2.24, 2.45) is 0 Å². The molecule has 0 saturated carbocycles. The zero-order valence-corrected chi connectivity index (χ0v) is 10.6. The Morgan fingerprint density at radius 1 is 1.24 bits per heavy atom. The first-order valence-electron chi connectivity index (χ1n) is 6.24. The fraction of sp³-hybridized carbons (Fsp3) is 0.467. The zero-order valence-electron chi connectivity index (χ0n) is 10.6. The molecule has 1 aromatic carbocycles. The zero-order chi connectivity index (χ0) is 12.2. The van der Waals surface area contributed by atoms with Gasteiger partial charge in [-0.3, -0.25) is 0 Å². The average molecular weight is 230 g/mol. The molecule has 0 spiro atoms. The van der Waals surface area contributed by atoms with Gasteiger partial charge in [0.15, 0.2) is 0 Å². The number of fused-ring (bicyclic) bond motifs is 2. The van der Waals surface area contributed by atoms with E-state index in [4.69, 9.17) is 4.74 Å². The third kappa shape index (κ3) is 1.47. The highest BCUT2D eigenvalue weighted by Crippen LogP contribution is 2.51. The van der Waals surface area contributed by atoms with E-state index in [2.05, 4.69) is 13.8 Å². The van der Waals surface area contributed by atoms with Gasteiger partial charge in [0, 0.05) is 0 Å².